The van der Waals surface area contributed by atoms with E-state index in [0.717, 1.165) is 26.2 Å². The van der Waals surface area contributed by atoms with E-state index in [4.69, 9.17) is 0 Å². The van der Waals surface area contributed by atoms with E-state index in [-0.39, 0.29) is 17.4 Å². The van der Waals surface area contributed by atoms with E-state index in [9.17, 15) is 4.79 Å². The fourth-order valence-electron chi connectivity index (χ4n) is 3.03. The Bertz CT molecular complexity index is 782. The van der Waals surface area contributed by atoms with Crippen LogP contribution in [0.4, 0.5) is 0 Å². The van der Waals surface area contributed by atoms with Crippen LogP contribution in [0.1, 0.15) is 49.2 Å². The summed E-state index contributed by atoms with van der Waals surface area (Å²) < 4.78 is 1.04. The maximum atomic E-state index is 13.1. The number of thioether (sulfide) groups is 1. The second-order valence-corrected chi connectivity index (χ2v) is 9.62. The fraction of sp³-hybridized carbons (Fsp3) is 0.381. The van der Waals surface area contributed by atoms with Crippen molar-refractivity contribution in [2.75, 3.05) is 0 Å². The van der Waals surface area contributed by atoms with Gasteiger partial charge in [0.15, 0.2) is 0 Å². The molecule has 1 atom stereocenters. The van der Waals surface area contributed by atoms with Crippen molar-refractivity contribution in [2.24, 2.45) is 5.41 Å². The van der Waals surface area contributed by atoms with Crippen LogP contribution in [0.5, 0.6) is 0 Å². The molecule has 4 heteroatoms. The highest BCUT2D eigenvalue weighted by Crippen LogP contribution is 2.39. The van der Waals surface area contributed by atoms with Gasteiger partial charge in [-0.3, -0.25) is 4.79 Å². The fourth-order valence-corrected chi connectivity index (χ4v) is 4.78. The lowest BCUT2D eigenvalue weighted by Crippen LogP contribution is -2.42. The molecule has 1 heterocycles. The van der Waals surface area contributed by atoms with E-state index in [2.05, 4.69) is 80.0 Å². The summed E-state index contributed by atoms with van der Waals surface area (Å²) in [4.78, 5) is 16.2. The smallest absolute Gasteiger partial charge is 0.255 e. The van der Waals surface area contributed by atoms with E-state index in [0.29, 0.717) is 6.54 Å². The van der Waals surface area contributed by atoms with Gasteiger partial charge in [-0.05, 0) is 35.6 Å². The van der Waals surface area contributed by atoms with Crippen LogP contribution in [0.3, 0.4) is 0 Å². The van der Waals surface area contributed by atoms with Crippen LogP contribution in [-0.2, 0) is 12.3 Å². The molecule has 1 unspecified atom stereocenters. The van der Waals surface area contributed by atoms with Crippen LogP contribution in [0.2, 0.25) is 0 Å². The van der Waals surface area contributed by atoms with Gasteiger partial charge >= 0.3 is 0 Å². The molecule has 0 N–H and O–H groups in total. The Kier molecular flexibility index (Phi) is 5.31. The first kappa shape index (κ1) is 18.5. The monoisotopic (exact) mass is 417 g/mol. The first-order valence-electron chi connectivity index (χ1n) is 8.57. The van der Waals surface area contributed by atoms with Crippen molar-refractivity contribution in [2.45, 2.75) is 50.9 Å². The maximum absolute atomic E-state index is 13.1. The van der Waals surface area contributed by atoms with Crippen LogP contribution in [0, 0.1) is 5.41 Å². The molecule has 0 aliphatic carbocycles. The first-order chi connectivity index (χ1) is 11.8. The summed E-state index contributed by atoms with van der Waals surface area (Å²) >= 11 is 5.36. The van der Waals surface area contributed by atoms with Crippen LogP contribution >= 0.6 is 27.7 Å². The largest absolute Gasteiger partial charge is 0.331 e. The van der Waals surface area contributed by atoms with Crippen LogP contribution in [0.25, 0.3) is 0 Å². The van der Waals surface area contributed by atoms with Crippen molar-refractivity contribution in [3.63, 3.8) is 0 Å². The number of fused-ring (bicyclic) bond motifs is 1. The third-order valence-corrected chi connectivity index (χ3v) is 6.49. The number of benzene rings is 2. The summed E-state index contributed by atoms with van der Waals surface area (Å²) in [6, 6.07) is 14.8. The molecule has 0 saturated heterocycles. The van der Waals surface area contributed by atoms with Gasteiger partial charge < -0.3 is 4.90 Å². The minimum atomic E-state index is 0.0618. The van der Waals surface area contributed by atoms with Gasteiger partial charge in [0.05, 0.1) is 5.56 Å². The number of halogens is 1. The number of hydrogen-bond donors (Lipinski definition) is 0. The molecule has 132 valence electrons. The average molecular weight is 418 g/mol. The molecule has 25 heavy (non-hydrogen) atoms. The van der Waals surface area contributed by atoms with Crippen LogP contribution in [0.15, 0.2) is 51.8 Å². The lowest BCUT2D eigenvalue weighted by molar-refractivity contribution is 0.0577. The molecule has 3 rings (SSSR count). The Morgan fingerprint density at radius 1 is 1.20 bits per heavy atom. The molecule has 1 aliphatic rings. The second kappa shape index (κ2) is 7.16. The van der Waals surface area contributed by atoms with Gasteiger partial charge in [0, 0.05) is 27.7 Å². The Hall–Kier alpha value is -1.26. The van der Waals surface area contributed by atoms with E-state index in [1.807, 2.05) is 11.0 Å². The lowest BCUT2D eigenvalue weighted by atomic mass is 9.87. The van der Waals surface area contributed by atoms with Crippen molar-refractivity contribution < 1.29 is 4.79 Å². The Labute approximate surface area is 163 Å². The zero-order valence-electron chi connectivity index (χ0n) is 15.2. The van der Waals surface area contributed by atoms with Gasteiger partial charge in [0.1, 0.15) is 0 Å². The molecular formula is C21H24BrNOS. The normalized spacial score (nSPS) is 15.4. The summed E-state index contributed by atoms with van der Waals surface area (Å²) in [7, 11) is 0. The number of carbonyl (C=O) groups is 1. The topological polar surface area (TPSA) is 20.3 Å². The SMILES string of the molecule is CC(N1Cc2cc(Br)cc(SCc3ccccc3)c2C1=O)C(C)(C)C. The van der Waals surface area contributed by atoms with Gasteiger partial charge in [0.2, 0.25) is 0 Å². The highest BCUT2D eigenvalue weighted by Gasteiger charge is 2.37. The lowest BCUT2D eigenvalue weighted by Gasteiger charge is -2.35. The van der Waals surface area contributed by atoms with E-state index in [1.54, 1.807) is 11.8 Å². The maximum Gasteiger partial charge on any atom is 0.255 e. The molecule has 0 bridgehead atoms. The van der Waals surface area contributed by atoms with Crippen LogP contribution in [-0.4, -0.2) is 16.8 Å². The number of carbonyl (C=O) groups excluding carboxylic acids is 1. The van der Waals surface area contributed by atoms with E-state index < -0.39 is 0 Å². The number of hydrogen-bond acceptors (Lipinski definition) is 2. The van der Waals surface area contributed by atoms with Crippen molar-refractivity contribution in [3.8, 4) is 0 Å². The second-order valence-electron chi connectivity index (χ2n) is 7.69. The molecular weight excluding hydrogens is 394 g/mol. The zero-order valence-corrected chi connectivity index (χ0v) is 17.6. The summed E-state index contributed by atoms with van der Waals surface area (Å²) in [6.45, 7) is 9.42. The predicted molar refractivity (Wildman–Crippen MR) is 109 cm³/mol. The van der Waals surface area contributed by atoms with Gasteiger partial charge in [-0.1, -0.05) is 67.0 Å². The molecule has 0 saturated carbocycles. The Morgan fingerprint density at radius 3 is 2.52 bits per heavy atom. The Balaban J connectivity index is 1.88. The Morgan fingerprint density at radius 2 is 1.88 bits per heavy atom. The van der Waals surface area contributed by atoms with Gasteiger partial charge in [-0.15, -0.1) is 11.8 Å². The van der Waals surface area contributed by atoms with Gasteiger partial charge in [-0.25, -0.2) is 0 Å². The number of amides is 1. The molecule has 2 aromatic rings. The highest BCUT2D eigenvalue weighted by molar-refractivity contribution is 9.10. The summed E-state index contributed by atoms with van der Waals surface area (Å²) in [6.07, 6.45) is 0. The molecule has 0 fully saturated rings. The average Bonchev–Trinajstić information content (AvgIpc) is 2.88. The van der Waals surface area contributed by atoms with E-state index >= 15 is 0 Å². The molecule has 1 amide bonds. The van der Waals surface area contributed by atoms with E-state index in [1.165, 1.54) is 5.56 Å². The third kappa shape index (κ3) is 3.95. The number of nitrogens with zero attached hydrogens (tertiary/aromatic N) is 1. The summed E-state index contributed by atoms with van der Waals surface area (Å²) in [5.41, 5.74) is 3.35. The molecule has 0 spiro atoms. The molecule has 0 aromatic heterocycles. The molecule has 1 aliphatic heterocycles. The highest BCUT2D eigenvalue weighted by atomic mass is 79.9. The quantitative estimate of drug-likeness (QED) is 0.557. The van der Waals surface area contributed by atoms with Gasteiger partial charge in [0.25, 0.3) is 5.91 Å². The molecule has 2 aromatic carbocycles. The van der Waals surface area contributed by atoms with Crippen molar-refractivity contribution in [3.05, 3.63) is 63.6 Å². The predicted octanol–water partition coefficient (Wildman–Crippen LogP) is 6.13. The first-order valence-corrected chi connectivity index (χ1v) is 10.4. The van der Waals surface area contributed by atoms with Gasteiger partial charge in [-0.2, -0.15) is 0 Å². The van der Waals surface area contributed by atoms with Crippen LogP contribution < -0.4 is 0 Å². The molecule has 0 radical (unpaired) electrons. The minimum absolute atomic E-state index is 0.0618. The number of rotatable bonds is 4. The minimum Gasteiger partial charge on any atom is -0.331 e. The standard InChI is InChI=1S/C21H24BrNOS/c1-14(21(2,3)4)23-12-16-10-17(22)11-18(19(16)20(23)24)25-13-15-8-6-5-7-9-15/h5-11,14H,12-13H2,1-4H3. The van der Waals surface area contributed by atoms with Crippen molar-refractivity contribution in [1.29, 1.82) is 0 Å². The third-order valence-electron chi connectivity index (χ3n) is 4.92. The zero-order chi connectivity index (χ0) is 18.2. The van der Waals surface area contributed by atoms with Crippen molar-refractivity contribution in [1.82, 2.24) is 4.90 Å². The summed E-state index contributed by atoms with van der Waals surface area (Å²) in [5.74, 6) is 1.03. The van der Waals surface area contributed by atoms with Crippen molar-refractivity contribution >= 4 is 33.6 Å². The summed E-state index contributed by atoms with van der Waals surface area (Å²) in [5, 5.41) is 0. The molecule has 2 nitrogen and oxygen atoms in total.